The summed E-state index contributed by atoms with van der Waals surface area (Å²) in [5.74, 6) is 0.616. The zero-order valence-corrected chi connectivity index (χ0v) is 15.6. The predicted octanol–water partition coefficient (Wildman–Crippen LogP) is 4.87. The SMILES string of the molecule is CC(=O)c1ccc(NC(=O)CCSc2cc(C)c3ccccc3n2)cc1. The van der Waals surface area contributed by atoms with E-state index in [9.17, 15) is 9.59 Å². The third-order valence-electron chi connectivity index (χ3n) is 4.05. The van der Waals surface area contributed by atoms with Crippen LogP contribution in [0.4, 0.5) is 5.69 Å². The molecule has 0 spiro atoms. The molecule has 0 saturated heterocycles. The van der Waals surface area contributed by atoms with Crippen molar-refractivity contribution in [2.24, 2.45) is 0 Å². The first kappa shape index (κ1) is 18.1. The average Bonchev–Trinajstić information content (AvgIpc) is 2.62. The van der Waals surface area contributed by atoms with Crippen molar-refractivity contribution in [3.8, 4) is 0 Å². The van der Waals surface area contributed by atoms with E-state index in [1.165, 1.54) is 12.5 Å². The Kier molecular flexibility index (Phi) is 5.68. The van der Waals surface area contributed by atoms with Gasteiger partial charge in [0, 0.05) is 28.8 Å². The zero-order chi connectivity index (χ0) is 18.5. The molecule has 3 aromatic rings. The highest BCUT2D eigenvalue weighted by atomic mass is 32.2. The molecule has 1 aromatic heterocycles. The van der Waals surface area contributed by atoms with Gasteiger partial charge in [0.2, 0.25) is 5.91 Å². The quantitative estimate of drug-likeness (QED) is 0.501. The number of Topliss-reactive ketones (excluding diaryl/α,β-unsaturated/α-hetero) is 1. The van der Waals surface area contributed by atoms with Gasteiger partial charge in [-0.05, 0) is 55.8 Å². The fourth-order valence-corrected chi connectivity index (χ4v) is 3.57. The molecule has 26 heavy (non-hydrogen) atoms. The van der Waals surface area contributed by atoms with E-state index in [4.69, 9.17) is 0 Å². The molecule has 4 nitrogen and oxygen atoms in total. The molecule has 0 aliphatic heterocycles. The van der Waals surface area contributed by atoms with Crippen molar-refractivity contribution in [2.45, 2.75) is 25.3 Å². The molecule has 1 N–H and O–H groups in total. The van der Waals surface area contributed by atoms with Crippen LogP contribution in [0.15, 0.2) is 59.6 Å². The topological polar surface area (TPSA) is 59.1 Å². The summed E-state index contributed by atoms with van der Waals surface area (Å²) in [5, 5.41) is 4.94. The maximum atomic E-state index is 12.1. The minimum atomic E-state index is -0.0504. The molecule has 0 fully saturated rings. The number of anilines is 1. The maximum Gasteiger partial charge on any atom is 0.225 e. The maximum absolute atomic E-state index is 12.1. The molecule has 0 saturated carbocycles. The number of nitrogens with one attached hydrogen (secondary N) is 1. The first-order valence-corrected chi connectivity index (χ1v) is 9.41. The minimum absolute atomic E-state index is 0.0115. The standard InChI is InChI=1S/C21H20N2O2S/c1-14-13-21(23-19-6-4-3-5-18(14)19)26-12-11-20(25)22-17-9-7-16(8-10-17)15(2)24/h3-10,13H,11-12H2,1-2H3,(H,22,25). The van der Waals surface area contributed by atoms with Crippen LogP contribution in [0, 0.1) is 6.92 Å². The summed E-state index contributed by atoms with van der Waals surface area (Å²) in [5.41, 5.74) is 3.50. The van der Waals surface area contributed by atoms with Crippen molar-refractivity contribution in [3.05, 3.63) is 65.7 Å². The number of aryl methyl sites for hydroxylation is 1. The molecule has 0 bridgehead atoms. The van der Waals surface area contributed by atoms with Crippen LogP contribution in [0.1, 0.15) is 29.3 Å². The largest absolute Gasteiger partial charge is 0.326 e. The van der Waals surface area contributed by atoms with Crippen molar-refractivity contribution >= 4 is 40.0 Å². The van der Waals surface area contributed by atoms with Gasteiger partial charge in [-0.3, -0.25) is 9.59 Å². The Morgan fingerprint density at radius 2 is 1.81 bits per heavy atom. The minimum Gasteiger partial charge on any atom is -0.326 e. The van der Waals surface area contributed by atoms with Crippen molar-refractivity contribution < 1.29 is 9.59 Å². The van der Waals surface area contributed by atoms with E-state index in [0.717, 1.165) is 15.9 Å². The molecular weight excluding hydrogens is 344 g/mol. The van der Waals surface area contributed by atoms with Crippen molar-refractivity contribution in [1.82, 2.24) is 4.98 Å². The molecule has 0 aliphatic rings. The number of aromatic nitrogens is 1. The highest BCUT2D eigenvalue weighted by molar-refractivity contribution is 7.99. The number of thioether (sulfide) groups is 1. The third kappa shape index (κ3) is 4.49. The molecule has 0 unspecified atom stereocenters. The third-order valence-corrected chi connectivity index (χ3v) is 4.97. The number of hydrogen-bond acceptors (Lipinski definition) is 4. The van der Waals surface area contributed by atoms with Crippen LogP contribution in [0.25, 0.3) is 10.9 Å². The summed E-state index contributed by atoms with van der Waals surface area (Å²) >= 11 is 1.58. The number of hydrogen-bond donors (Lipinski definition) is 1. The van der Waals surface area contributed by atoms with E-state index in [0.29, 0.717) is 23.4 Å². The highest BCUT2D eigenvalue weighted by Gasteiger charge is 2.07. The summed E-state index contributed by atoms with van der Waals surface area (Å²) in [7, 11) is 0. The Morgan fingerprint density at radius 3 is 2.54 bits per heavy atom. The van der Waals surface area contributed by atoms with Crippen LogP contribution < -0.4 is 5.32 Å². The molecule has 1 heterocycles. The number of para-hydroxylation sites is 1. The lowest BCUT2D eigenvalue weighted by Crippen LogP contribution is -2.12. The van der Waals surface area contributed by atoms with Crippen LogP contribution >= 0.6 is 11.8 Å². The monoisotopic (exact) mass is 364 g/mol. The van der Waals surface area contributed by atoms with Gasteiger partial charge < -0.3 is 5.32 Å². The van der Waals surface area contributed by atoms with Gasteiger partial charge in [-0.25, -0.2) is 4.98 Å². The molecular formula is C21H20N2O2S. The fourth-order valence-electron chi connectivity index (χ4n) is 2.65. The van der Waals surface area contributed by atoms with Crippen molar-refractivity contribution in [2.75, 3.05) is 11.1 Å². The summed E-state index contributed by atoms with van der Waals surface area (Å²) in [6.07, 6.45) is 0.396. The van der Waals surface area contributed by atoms with Crippen molar-refractivity contribution in [1.29, 1.82) is 0 Å². The number of nitrogens with zero attached hydrogens (tertiary/aromatic N) is 1. The zero-order valence-electron chi connectivity index (χ0n) is 14.8. The lowest BCUT2D eigenvalue weighted by Gasteiger charge is -2.07. The summed E-state index contributed by atoms with van der Waals surface area (Å²) in [4.78, 5) is 28.0. The second kappa shape index (κ2) is 8.15. The van der Waals surface area contributed by atoms with Gasteiger partial charge in [0.25, 0.3) is 0 Å². The van der Waals surface area contributed by atoms with Gasteiger partial charge in [-0.2, -0.15) is 0 Å². The normalized spacial score (nSPS) is 10.7. The van der Waals surface area contributed by atoms with E-state index in [1.807, 2.05) is 18.2 Å². The van der Waals surface area contributed by atoms with E-state index in [-0.39, 0.29) is 11.7 Å². The number of rotatable bonds is 6. The van der Waals surface area contributed by atoms with Gasteiger partial charge >= 0.3 is 0 Å². The summed E-state index contributed by atoms with van der Waals surface area (Å²) in [6.45, 7) is 3.60. The van der Waals surface area contributed by atoms with Crippen molar-refractivity contribution in [3.63, 3.8) is 0 Å². The van der Waals surface area contributed by atoms with E-state index in [2.05, 4.69) is 29.4 Å². The summed E-state index contributed by atoms with van der Waals surface area (Å²) in [6, 6.07) is 17.0. The Morgan fingerprint density at radius 1 is 1.08 bits per heavy atom. The van der Waals surface area contributed by atoms with E-state index >= 15 is 0 Å². The van der Waals surface area contributed by atoms with E-state index in [1.54, 1.807) is 36.0 Å². The molecule has 0 atom stereocenters. The highest BCUT2D eigenvalue weighted by Crippen LogP contribution is 2.24. The van der Waals surface area contributed by atoms with Crippen LogP contribution in [0.2, 0.25) is 0 Å². The average molecular weight is 364 g/mol. The second-order valence-electron chi connectivity index (χ2n) is 6.07. The van der Waals surface area contributed by atoms with Crippen LogP contribution in [0.5, 0.6) is 0 Å². The van der Waals surface area contributed by atoms with Crippen LogP contribution in [-0.4, -0.2) is 22.4 Å². The Hall–Kier alpha value is -2.66. The number of amides is 1. The molecule has 1 amide bonds. The number of benzene rings is 2. The molecule has 3 rings (SSSR count). The van der Waals surface area contributed by atoms with Gasteiger partial charge in [0.1, 0.15) is 0 Å². The number of pyridine rings is 1. The second-order valence-corrected chi connectivity index (χ2v) is 7.19. The lowest BCUT2D eigenvalue weighted by atomic mass is 10.1. The molecule has 132 valence electrons. The van der Waals surface area contributed by atoms with Gasteiger partial charge in [0.05, 0.1) is 10.5 Å². The van der Waals surface area contributed by atoms with Crippen LogP contribution in [-0.2, 0) is 4.79 Å². The van der Waals surface area contributed by atoms with Gasteiger partial charge in [-0.15, -0.1) is 11.8 Å². The first-order chi connectivity index (χ1) is 12.5. The molecule has 2 aromatic carbocycles. The summed E-state index contributed by atoms with van der Waals surface area (Å²) < 4.78 is 0. The Balaban J connectivity index is 1.54. The van der Waals surface area contributed by atoms with Crippen LogP contribution in [0.3, 0.4) is 0 Å². The van der Waals surface area contributed by atoms with E-state index < -0.39 is 0 Å². The number of carbonyl (C=O) groups is 2. The molecule has 0 aliphatic carbocycles. The fraction of sp³-hybridized carbons (Fsp3) is 0.190. The lowest BCUT2D eigenvalue weighted by molar-refractivity contribution is -0.115. The smallest absolute Gasteiger partial charge is 0.225 e. The number of carbonyl (C=O) groups excluding carboxylic acids is 2. The molecule has 5 heteroatoms. The number of fused-ring (bicyclic) bond motifs is 1. The molecule has 0 radical (unpaired) electrons. The first-order valence-electron chi connectivity index (χ1n) is 8.43. The van der Waals surface area contributed by atoms with Gasteiger partial charge in [0.15, 0.2) is 5.78 Å². The number of ketones is 1. The Bertz CT molecular complexity index is 952. The predicted molar refractivity (Wildman–Crippen MR) is 107 cm³/mol. The van der Waals surface area contributed by atoms with Gasteiger partial charge in [-0.1, -0.05) is 18.2 Å². The Labute approximate surface area is 157 Å².